The molecule has 0 atom stereocenters. The average Bonchev–Trinajstić information content (AvgIpc) is 2.69. The molecule has 0 saturated carbocycles. The molecule has 3 rings (SSSR count). The molecule has 6 nitrogen and oxygen atoms in total. The molecule has 0 unspecified atom stereocenters. The third-order valence-electron chi connectivity index (χ3n) is 5.38. The van der Waals surface area contributed by atoms with Crippen LogP contribution in [0.15, 0.2) is 53.4 Å². The van der Waals surface area contributed by atoms with Crippen molar-refractivity contribution in [1.82, 2.24) is 10.2 Å². The number of hydrogen-bond donors (Lipinski definition) is 2. The molecule has 1 aliphatic rings. The predicted molar refractivity (Wildman–Crippen MR) is 116 cm³/mol. The first-order valence-corrected chi connectivity index (χ1v) is 11.5. The summed E-state index contributed by atoms with van der Waals surface area (Å²) in [6.45, 7) is 4.76. The quantitative estimate of drug-likeness (QED) is 0.728. The molecular weight excluding hydrogens is 386 g/mol. The van der Waals surface area contributed by atoms with E-state index in [9.17, 15) is 13.2 Å². The van der Waals surface area contributed by atoms with E-state index in [0.29, 0.717) is 23.7 Å². The molecule has 2 N–H and O–H groups in total. The minimum atomic E-state index is -3.69. The van der Waals surface area contributed by atoms with Gasteiger partial charge in [0.15, 0.2) is 0 Å². The molecule has 0 spiro atoms. The van der Waals surface area contributed by atoms with Crippen LogP contribution in [-0.4, -0.2) is 45.9 Å². The molecule has 1 fully saturated rings. The molecule has 29 heavy (non-hydrogen) atoms. The summed E-state index contributed by atoms with van der Waals surface area (Å²) < 4.78 is 27.6. The van der Waals surface area contributed by atoms with E-state index in [1.807, 2.05) is 6.92 Å². The molecule has 1 saturated heterocycles. The number of hydrogen-bond acceptors (Lipinski definition) is 4. The van der Waals surface area contributed by atoms with Gasteiger partial charge in [0.1, 0.15) is 0 Å². The van der Waals surface area contributed by atoms with E-state index in [2.05, 4.69) is 22.0 Å². The number of benzene rings is 2. The largest absolute Gasteiger partial charge is 0.352 e. The molecule has 2 aromatic carbocycles. The fourth-order valence-electron chi connectivity index (χ4n) is 3.50. The van der Waals surface area contributed by atoms with E-state index in [1.54, 1.807) is 48.5 Å². The van der Waals surface area contributed by atoms with Gasteiger partial charge in [-0.1, -0.05) is 23.8 Å². The summed E-state index contributed by atoms with van der Waals surface area (Å²) in [5, 5.41) is 2.96. The van der Waals surface area contributed by atoms with Crippen LogP contribution in [0.4, 0.5) is 5.69 Å². The summed E-state index contributed by atoms with van der Waals surface area (Å²) in [6, 6.07) is 13.2. The van der Waals surface area contributed by atoms with Gasteiger partial charge in [0, 0.05) is 17.8 Å². The van der Waals surface area contributed by atoms with Gasteiger partial charge >= 0.3 is 0 Å². The molecule has 1 heterocycles. The fraction of sp³-hybridized carbons (Fsp3) is 0.409. The van der Waals surface area contributed by atoms with Crippen LogP contribution in [0.5, 0.6) is 0 Å². The number of sulfonamides is 1. The number of anilines is 1. The van der Waals surface area contributed by atoms with E-state index in [-0.39, 0.29) is 10.8 Å². The first-order valence-electron chi connectivity index (χ1n) is 10.00. The molecule has 7 heteroatoms. The minimum Gasteiger partial charge on any atom is -0.352 e. The Morgan fingerprint density at radius 1 is 1.10 bits per heavy atom. The summed E-state index contributed by atoms with van der Waals surface area (Å²) in [5.41, 5.74) is 1.80. The van der Waals surface area contributed by atoms with Crippen LogP contribution in [0.2, 0.25) is 0 Å². The highest BCUT2D eigenvalue weighted by molar-refractivity contribution is 7.92. The second-order valence-electron chi connectivity index (χ2n) is 7.79. The maximum Gasteiger partial charge on any atom is 0.261 e. The van der Waals surface area contributed by atoms with Crippen LogP contribution in [0.3, 0.4) is 0 Å². The van der Waals surface area contributed by atoms with Gasteiger partial charge in [-0.15, -0.1) is 0 Å². The smallest absolute Gasteiger partial charge is 0.261 e. The van der Waals surface area contributed by atoms with Crippen molar-refractivity contribution >= 4 is 21.6 Å². The Morgan fingerprint density at radius 2 is 1.79 bits per heavy atom. The summed E-state index contributed by atoms with van der Waals surface area (Å²) >= 11 is 0. The lowest BCUT2D eigenvalue weighted by Crippen LogP contribution is -2.32. The SMILES string of the molecule is Cc1ccc(S(=O)(=O)Nc2cccc(C(=O)NCCC3CCN(C)CC3)c2)cc1. The topological polar surface area (TPSA) is 78.5 Å². The fourth-order valence-corrected chi connectivity index (χ4v) is 4.55. The number of piperidine rings is 1. The molecule has 1 amide bonds. The van der Waals surface area contributed by atoms with E-state index >= 15 is 0 Å². The standard InChI is InChI=1S/C22H29N3O3S/c1-17-6-8-21(9-7-17)29(27,28)24-20-5-3-4-19(16-20)22(26)23-13-10-18-11-14-25(2)15-12-18/h3-9,16,18,24H,10-15H2,1-2H3,(H,23,26). The highest BCUT2D eigenvalue weighted by Crippen LogP contribution is 2.20. The van der Waals surface area contributed by atoms with Crippen molar-refractivity contribution in [3.63, 3.8) is 0 Å². The van der Waals surface area contributed by atoms with Crippen molar-refractivity contribution in [2.75, 3.05) is 31.4 Å². The molecule has 0 aromatic heterocycles. The summed E-state index contributed by atoms with van der Waals surface area (Å²) in [6.07, 6.45) is 3.31. The van der Waals surface area contributed by atoms with Gasteiger partial charge in [0.05, 0.1) is 4.90 Å². The Labute approximate surface area is 173 Å². The molecular formula is C22H29N3O3S. The zero-order chi connectivity index (χ0) is 20.9. The van der Waals surface area contributed by atoms with Crippen molar-refractivity contribution < 1.29 is 13.2 Å². The molecule has 156 valence electrons. The Balaban J connectivity index is 1.57. The zero-order valence-corrected chi connectivity index (χ0v) is 17.8. The van der Waals surface area contributed by atoms with Crippen LogP contribution in [0.25, 0.3) is 0 Å². The number of amides is 1. The lowest BCUT2D eigenvalue weighted by atomic mass is 9.94. The second kappa shape index (κ2) is 9.41. The number of rotatable bonds is 7. The van der Waals surface area contributed by atoms with E-state index in [0.717, 1.165) is 25.1 Å². The Bertz CT molecular complexity index is 934. The normalized spacial score (nSPS) is 15.8. The van der Waals surface area contributed by atoms with Crippen molar-refractivity contribution in [3.8, 4) is 0 Å². The second-order valence-corrected chi connectivity index (χ2v) is 9.47. The Hall–Kier alpha value is -2.38. The highest BCUT2D eigenvalue weighted by Gasteiger charge is 2.17. The molecule has 0 aliphatic carbocycles. The number of nitrogens with zero attached hydrogens (tertiary/aromatic N) is 1. The van der Waals surface area contributed by atoms with Crippen LogP contribution in [-0.2, 0) is 10.0 Å². The molecule has 0 bridgehead atoms. The first-order chi connectivity index (χ1) is 13.8. The Morgan fingerprint density at radius 3 is 2.48 bits per heavy atom. The van der Waals surface area contributed by atoms with Gasteiger partial charge in [-0.3, -0.25) is 9.52 Å². The van der Waals surface area contributed by atoms with Gasteiger partial charge in [-0.2, -0.15) is 0 Å². The van der Waals surface area contributed by atoms with E-state index in [4.69, 9.17) is 0 Å². The van der Waals surface area contributed by atoms with Gasteiger partial charge in [-0.25, -0.2) is 8.42 Å². The minimum absolute atomic E-state index is 0.186. The van der Waals surface area contributed by atoms with Gasteiger partial charge in [0.25, 0.3) is 15.9 Å². The van der Waals surface area contributed by atoms with Gasteiger partial charge in [0.2, 0.25) is 0 Å². The zero-order valence-electron chi connectivity index (χ0n) is 17.0. The molecule has 0 radical (unpaired) electrons. The van der Waals surface area contributed by atoms with Crippen molar-refractivity contribution in [2.24, 2.45) is 5.92 Å². The number of aryl methyl sites for hydroxylation is 1. The Kier molecular flexibility index (Phi) is 6.92. The summed E-state index contributed by atoms with van der Waals surface area (Å²) in [5.74, 6) is 0.466. The van der Waals surface area contributed by atoms with Crippen LogP contribution >= 0.6 is 0 Å². The van der Waals surface area contributed by atoms with Crippen LogP contribution in [0, 0.1) is 12.8 Å². The summed E-state index contributed by atoms with van der Waals surface area (Å²) in [7, 11) is -1.56. The van der Waals surface area contributed by atoms with Crippen molar-refractivity contribution in [3.05, 3.63) is 59.7 Å². The third kappa shape index (κ3) is 6.05. The van der Waals surface area contributed by atoms with Crippen molar-refractivity contribution in [2.45, 2.75) is 31.1 Å². The number of carbonyl (C=O) groups excluding carboxylic acids is 1. The number of likely N-dealkylation sites (tertiary alicyclic amines) is 1. The van der Waals surface area contributed by atoms with Crippen LogP contribution < -0.4 is 10.0 Å². The van der Waals surface area contributed by atoms with E-state index < -0.39 is 10.0 Å². The third-order valence-corrected chi connectivity index (χ3v) is 6.78. The predicted octanol–water partition coefficient (Wildman–Crippen LogP) is 3.26. The summed E-state index contributed by atoms with van der Waals surface area (Å²) in [4.78, 5) is 15.0. The maximum atomic E-state index is 12.5. The van der Waals surface area contributed by atoms with E-state index in [1.165, 1.54) is 12.8 Å². The molecule has 2 aromatic rings. The van der Waals surface area contributed by atoms with Crippen molar-refractivity contribution in [1.29, 1.82) is 0 Å². The lowest BCUT2D eigenvalue weighted by Gasteiger charge is -2.28. The maximum absolute atomic E-state index is 12.5. The average molecular weight is 416 g/mol. The highest BCUT2D eigenvalue weighted by atomic mass is 32.2. The number of carbonyl (C=O) groups is 1. The number of nitrogens with one attached hydrogen (secondary N) is 2. The van der Waals surface area contributed by atoms with Gasteiger partial charge < -0.3 is 10.2 Å². The monoisotopic (exact) mass is 415 g/mol. The first kappa shape index (κ1) is 21.3. The molecule has 1 aliphatic heterocycles. The lowest BCUT2D eigenvalue weighted by molar-refractivity contribution is 0.0949. The van der Waals surface area contributed by atoms with Crippen LogP contribution in [0.1, 0.15) is 35.2 Å². The van der Waals surface area contributed by atoms with Gasteiger partial charge in [-0.05, 0) is 82.6 Å².